The second-order valence-electron chi connectivity index (χ2n) is 5.15. The monoisotopic (exact) mass is 298 g/mol. The van der Waals surface area contributed by atoms with Gasteiger partial charge in [0.15, 0.2) is 0 Å². The molecular formula is C15H26N2O2S. The van der Waals surface area contributed by atoms with Gasteiger partial charge < -0.3 is 5.32 Å². The highest BCUT2D eigenvalue weighted by molar-refractivity contribution is 7.89. The van der Waals surface area contributed by atoms with Gasteiger partial charge in [-0.2, -0.15) is 0 Å². The van der Waals surface area contributed by atoms with Gasteiger partial charge in [0.05, 0.1) is 4.90 Å². The molecule has 0 radical (unpaired) electrons. The summed E-state index contributed by atoms with van der Waals surface area (Å²) in [6, 6.07) is 7.17. The van der Waals surface area contributed by atoms with Crippen LogP contribution in [-0.2, 0) is 16.6 Å². The summed E-state index contributed by atoms with van der Waals surface area (Å²) in [5.74, 6) is 0.343. The van der Waals surface area contributed by atoms with E-state index in [1.165, 1.54) is 0 Å². The smallest absolute Gasteiger partial charge is 0.240 e. The van der Waals surface area contributed by atoms with Crippen LogP contribution in [0.2, 0.25) is 0 Å². The van der Waals surface area contributed by atoms with Crippen molar-refractivity contribution in [3.8, 4) is 0 Å². The van der Waals surface area contributed by atoms with Gasteiger partial charge in [-0.1, -0.05) is 45.4 Å². The fraction of sp³-hybridized carbons (Fsp3) is 0.600. The van der Waals surface area contributed by atoms with Crippen LogP contribution in [0.25, 0.3) is 0 Å². The standard InChI is InChI=1S/C15H26N2O2S/c1-4-10-16-12-14-8-6-7-9-15(14)20(18,19)17-11-13(3)5-2/h6-9,13,16-17H,4-5,10-12H2,1-3H3. The molecular weight excluding hydrogens is 272 g/mol. The van der Waals surface area contributed by atoms with Crippen LogP contribution < -0.4 is 10.0 Å². The molecule has 4 nitrogen and oxygen atoms in total. The van der Waals surface area contributed by atoms with Crippen LogP contribution in [0.3, 0.4) is 0 Å². The van der Waals surface area contributed by atoms with Crippen molar-refractivity contribution in [2.75, 3.05) is 13.1 Å². The van der Waals surface area contributed by atoms with Crippen molar-refractivity contribution >= 4 is 10.0 Å². The summed E-state index contributed by atoms with van der Waals surface area (Å²) in [6.45, 7) is 8.13. The summed E-state index contributed by atoms with van der Waals surface area (Å²) in [7, 11) is -3.42. The second kappa shape index (κ2) is 8.39. The predicted molar refractivity (Wildman–Crippen MR) is 83.1 cm³/mol. The first-order chi connectivity index (χ1) is 9.51. The van der Waals surface area contributed by atoms with Crippen molar-refractivity contribution in [3.63, 3.8) is 0 Å². The third-order valence-corrected chi connectivity index (χ3v) is 4.85. The largest absolute Gasteiger partial charge is 0.313 e. The van der Waals surface area contributed by atoms with Gasteiger partial charge in [0.25, 0.3) is 0 Å². The zero-order chi connectivity index (χ0) is 15.0. The Morgan fingerprint density at radius 1 is 1.20 bits per heavy atom. The van der Waals surface area contributed by atoms with E-state index in [-0.39, 0.29) is 0 Å². The summed E-state index contributed by atoms with van der Waals surface area (Å²) >= 11 is 0. The van der Waals surface area contributed by atoms with Gasteiger partial charge in [-0.05, 0) is 30.5 Å². The molecule has 5 heteroatoms. The molecule has 0 heterocycles. The quantitative estimate of drug-likeness (QED) is 0.689. The minimum atomic E-state index is -3.42. The minimum absolute atomic E-state index is 0.343. The number of sulfonamides is 1. The first kappa shape index (κ1) is 17.1. The highest BCUT2D eigenvalue weighted by Crippen LogP contribution is 2.15. The maximum absolute atomic E-state index is 12.4. The first-order valence-electron chi connectivity index (χ1n) is 7.29. The van der Waals surface area contributed by atoms with Crippen molar-refractivity contribution in [3.05, 3.63) is 29.8 Å². The Hall–Kier alpha value is -0.910. The first-order valence-corrected chi connectivity index (χ1v) is 8.77. The molecule has 0 aliphatic rings. The van der Waals surface area contributed by atoms with Crippen LogP contribution in [0.1, 0.15) is 39.2 Å². The molecule has 1 rings (SSSR count). The van der Waals surface area contributed by atoms with Gasteiger partial charge in [-0.15, -0.1) is 0 Å². The number of hydrogen-bond acceptors (Lipinski definition) is 3. The van der Waals surface area contributed by atoms with E-state index in [4.69, 9.17) is 0 Å². The van der Waals surface area contributed by atoms with Gasteiger partial charge >= 0.3 is 0 Å². The third kappa shape index (κ3) is 5.23. The Morgan fingerprint density at radius 3 is 2.55 bits per heavy atom. The van der Waals surface area contributed by atoms with Crippen LogP contribution in [0, 0.1) is 5.92 Å². The Morgan fingerprint density at radius 2 is 1.90 bits per heavy atom. The molecule has 1 unspecified atom stereocenters. The van der Waals surface area contributed by atoms with E-state index in [0.717, 1.165) is 24.9 Å². The van der Waals surface area contributed by atoms with Crippen molar-refractivity contribution < 1.29 is 8.42 Å². The van der Waals surface area contributed by atoms with E-state index in [1.54, 1.807) is 12.1 Å². The molecule has 0 saturated carbocycles. The maximum Gasteiger partial charge on any atom is 0.240 e. The van der Waals surface area contributed by atoms with Gasteiger partial charge in [0.2, 0.25) is 10.0 Å². The van der Waals surface area contributed by atoms with Crippen LogP contribution in [0.15, 0.2) is 29.2 Å². The van der Waals surface area contributed by atoms with Gasteiger partial charge in [0, 0.05) is 13.1 Å². The van der Waals surface area contributed by atoms with Crippen molar-refractivity contribution in [2.45, 2.75) is 45.1 Å². The molecule has 1 aromatic rings. The highest BCUT2D eigenvalue weighted by atomic mass is 32.2. The second-order valence-corrected chi connectivity index (χ2v) is 6.89. The summed E-state index contributed by atoms with van der Waals surface area (Å²) in [4.78, 5) is 0.381. The fourth-order valence-corrected chi connectivity index (χ4v) is 3.19. The Bertz CT molecular complexity index is 500. The zero-order valence-electron chi connectivity index (χ0n) is 12.6. The van der Waals surface area contributed by atoms with Crippen molar-refractivity contribution in [1.82, 2.24) is 10.0 Å². The molecule has 0 bridgehead atoms. The molecule has 0 aromatic heterocycles. The van der Waals surface area contributed by atoms with Crippen molar-refractivity contribution in [1.29, 1.82) is 0 Å². The lowest BCUT2D eigenvalue weighted by molar-refractivity contribution is 0.527. The Balaban J connectivity index is 2.82. The lowest BCUT2D eigenvalue weighted by Gasteiger charge is -2.14. The maximum atomic E-state index is 12.4. The van der Waals surface area contributed by atoms with E-state index >= 15 is 0 Å². The van der Waals surface area contributed by atoms with Gasteiger partial charge in [-0.3, -0.25) is 0 Å². The molecule has 114 valence electrons. The molecule has 1 aromatic carbocycles. The molecule has 1 atom stereocenters. The lowest BCUT2D eigenvalue weighted by Crippen LogP contribution is -2.29. The average molecular weight is 298 g/mol. The van der Waals surface area contributed by atoms with Gasteiger partial charge in [-0.25, -0.2) is 13.1 Å². The molecule has 0 fully saturated rings. The summed E-state index contributed by atoms with van der Waals surface area (Å²) in [5.41, 5.74) is 0.817. The Labute approximate surface area is 123 Å². The lowest BCUT2D eigenvalue weighted by atomic mass is 10.1. The highest BCUT2D eigenvalue weighted by Gasteiger charge is 2.18. The van der Waals surface area contributed by atoms with E-state index in [9.17, 15) is 8.42 Å². The Kier molecular flexibility index (Phi) is 7.19. The minimum Gasteiger partial charge on any atom is -0.313 e. The molecule has 0 spiro atoms. The normalized spacial score (nSPS) is 13.3. The molecule has 0 aliphatic heterocycles. The molecule has 2 N–H and O–H groups in total. The average Bonchev–Trinajstić information content (AvgIpc) is 2.45. The number of nitrogens with one attached hydrogen (secondary N) is 2. The number of rotatable bonds is 9. The van der Waals surface area contributed by atoms with Gasteiger partial charge in [0.1, 0.15) is 0 Å². The topological polar surface area (TPSA) is 58.2 Å². The van der Waals surface area contributed by atoms with Crippen molar-refractivity contribution in [2.24, 2.45) is 5.92 Å². The molecule has 0 aliphatic carbocycles. The van der Waals surface area contributed by atoms with Crippen LogP contribution in [0.4, 0.5) is 0 Å². The zero-order valence-corrected chi connectivity index (χ0v) is 13.5. The summed E-state index contributed by atoms with van der Waals surface area (Å²) in [6.07, 6.45) is 1.99. The van der Waals surface area contributed by atoms with E-state index < -0.39 is 10.0 Å². The van der Waals surface area contributed by atoms with Crippen LogP contribution >= 0.6 is 0 Å². The van der Waals surface area contributed by atoms with E-state index in [1.807, 2.05) is 19.1 Å². The summed E-state index contributed by atoms with van der Waals surface area (Å²) < 4.78 is 27.4. The predicted octanol–water partition coefficient (Wildman–Crippen LogP) is 2.51. The summed E-state index contributed by atoms with van der Waals surface area (Å²) in [5, 5.41) is 3.25. The third-order valence-electron chi connectivity index (χ3n) is 3.32. The fourth-order valence-electron chi connectivity index (χ4n) is 1.79. The van der Waals surface area contributed by atoms with E-state index in [0.29, 0.717) is 23.9 Å². The SMILES string of the molecule is CCCNCc1ccccc1S(=O)(=O)NCC(C)CC. The number of hydrogen-bond donors (Lipinski definition) is 2. The molecule has 0 amide bonds. The van der Waals surface area contributed by atoms with E-state index in [2.05, 4.69) is 23.9 Å². The van der Waals surface area contributed by atoms with Crippen LogP contribution in [-0.4, -0.2) is 21.5 Å². The van der Waals surface area contributed by atoms with Crippen LogP contribution in [0.5, 0.6) is 0 Å². The number of benzene rings is 1. The molecule has 20 heavy (non-hydrogen) atoms. The molecule has 0 saturated heterocycles.